The van der Waals surface area contributed by atoms with Gasteiger partial charge in [-0.3, -0.25) is 4.57 Å². The van der Waals surface area contributed by atoms with E-state index in [9.17, 15) is 0 Å². The van der Waals surface area contributed by atoms with E-state index in [0.717, 1.165) is 25.3 Å². The third kappa shape index (κ3) is 1.94. The van der Waals surface area contributed by atoms with E-state index in [4.69, 9.17) is 0 Å². The number of fused-ring (bicyclic) bond motifs is 3. The van der Waals surface area contributed by atoms with Gasteiger partial charge < -0.3 is 4.90 Å². The standard InChI is InChI=1S/C17H18N4/c1-12-3-4-15-13(9-12)14-10-20(2)8-6-16(14)21(15)17-5-7-18-11-19-17/h3-5,7,9,11H,6,8,10H2,1-2H3. The van der Waals surface area contributed by atoms with Gasteiger partial charge in [-0.2, -0.15) is 0 Å². The fraction of sp³-hybridized carbons (Fsp3) is 0.294. The summed E-state index contributed by atoms with van der Waals surface area (Å²) in [4.78, 5) is 10.9. The highest BCUT2D eigenvalue weighted by atomic mass is 15.1. The number of hydrogen-bond donors (Lipinski definition) is 0. The van der Waals surface area contributed by atoms with E-state index in [2.05, 4.69) is 51.6 Å². The molecule has 0 saturated carbocycles. The summed E-state index contributed by atoms with van der Waals surface area (Å²) in [6.45, 7) is 4.25. The highest BCUT2D eigenvalue weighted by Gasteiger charge is 2.23. The normalized spacial score (nSPS) is 15.3. The summed E-state index contributed by atoms with van der Waals surface area (Å²) in [6.07, 6.45) is 4.49. The molecule has 1 aliphatic heterocycles. The van der Waals surface area contributed by atoms with Gasteiger partial charge in [-0.25, -0.2) is 9.97 Å². The summed E-state index contributed by atoms with van der Waals surface area (Å²) >= 11 is 0. The van der Waals surface area contributed by atoms with Gasteiger partial charge in [0.1, 0.15) is 12.1 Å². The maximum absolute atomic E-state index is 4.46. The number of aryl methyl sites for hydroxylation is 1. The van der Waals surface area contributed by atoms with Crippen molar-refractivity contribution in [2.45, 2.75) is 19.9 Å². The lowest BCUT2D eigenvalue weighted by molar-refractivity contribution is 0.311. The first-order chi connectivity index (χ1) is 10.2. The van der Waals surface area contributed by atoms with E-state index >= 15 is 0 Å². The summed E-state index contributed by atoms with van der Waals surface area (Å²) < 4.78 is 2.30. The molecule has 0 radical (unpaired) electrons. The van der Waals surface area contributed by atoms with Gasteiger partial charge in [0, 0.05) is 36.8 Å². The number of nitrogens with zero attached hydrogens (tertiary/aromatic N) is 4. The quantitative estimate of drug-likeness (QED) is 0.686. The van der Waals surface area contributed by atoms with Crippen molar-refractivity contribution in [2.75, 3.05) is 13.6 Å². The molecule has 1 aromatic carbocycles. The largest absolute Gasteiger partial charge is 0.302 e. The van der Waals surface area contributed by atoms with Crippen LogP contribution in [0.2, 0.25) is 0 Å². The SMILES string of the molecule is Cc1ccc2c(c1)c1c(n2-c2ccncn2)CCN(C)C1. The zero-order chi connectivity index (χ0) is 14.4. The fourth-order valence-corrected chi connectivity index (χ4v) is 3.28. The zero-order valence-corrected chi connectivity index (χ0v) is 12.4. The highest BCUT2D eigenvalue weighted by Crippen LogP contribution is 2.33. The lowest BCUT2D eigenvalue weighted by atomic mass is 10.0. The van der Waals surface area contributed by atoms with Crippen LogP contribution in [0.1, 0.15) is 16.8 Å². The molecular weight excluding hydrogens is 260 g/mol. The number of benzene rings is 1. The average molecular weight is 278 g/mol. The second kappa shape index (κ2) is 4.67. The van der Waals surface area contributed by atoms with E-state index in [1.165, 1.54) is 27.7 Å². The number of hydrogen-bond acceptors (Lipinski definition) is 3. The predicted octanol–water partition coefficient (Wildman–Crippen LogP) is 2.72. The molecule has 106 valence electrons. The van der Waals surface area contributed by atoms with E-state index in [0.29, 0.717) is 0 Å². The molecule has 4 nitrogen and oxygen atoms in total. The molecule has 0 amide bonds. The summed E-state index contributed by atoms with van der Waals surface area (Å²) in [5, 5.41) is 1.36. The van der Waals surface area contributed by atoms with Gasteiger partial charge in [-0.05, 0) is 37.7 Å². The molecule has 0 unspecified atom stereocenters. The van der Waals surface area contributed by atoms with Crippen LogP contribution in [-0.2, 0) is 13.0 Å². The van der Waals surface area contributed by atoms with Crippen LogP contribution in [0, 0.1) is 6.92 Å². The van der Waals surface area contributed by atoms with Crippen LogP contribution in [0.3, 0.4) is 0 Å². The Bertz CT molecular complexity index is 805. The molecule has 2 aromatic heterocycles. The van der Waals surface area contributed by atoms with Crippen LogP contribution in [0.15, 0.2) is 36.8 Å². The Morgan fingerprint density at radius 2 is 2.10 bits per heavy atom. The highest BCUT2D eigenvalue weighted by molar-refractivity contribution is 5.88. The average Bonchev–Trinajstić information content (AvgIpc) is 2.81. The second-order valence-electron chi connectivity index (χ2n) is 5.84. The van der Waals surface area contributed by atoms with E-state index in [-0.39, 0.29) is 0 Å². The lowest BCUT2D eigenvalue weighted by Gasteiger charge is -2.24. The molecule has 4 rings (SSSR count). The van der Waals surface area contributed by atoms with Crippen LogP contribution in [0.5, 0.6) is 0 Å². The molecular formula is C17H18N4. The Kier molecular flexibility index (Phi) is 2.79. The van der Waals surface area contributed by atoms with Gasteiger partial charge in [0.25, 0.3) is 0 Å². The summed E-state index contributed by atoms with van der Waals surface area (Å²) in [5.41, 5.74) is 5.39. The van der Waals surface area contributed by atoms with Gasteiger partial charge in [0.2, 0.25) is 0 Å². The van der Waals surface area contributed by atoms with Crippen LogP contribution >= 0.6 is 0 Å². The molecule has 0 fully saturated rings. The van der Waals surface area contributed by atoms with Crippen molar-refractivity contribution in [3.05, 3.63) is 53.6 Å². The van der Waals surface area contributed by atoms with Gasteiger partial charge >= 0.3 is 0 Å². The van der Waals surface area contributed by atoms with Crippen LogP contribution < -0.4 is 0 Å². The van der Waals surface area contributed by atoms with Crippen LogP contribution in [-0.4, -0.2) is 33.0 Å². The van der Waals surface area contributed by atoms with Gasteiger partial charge in [0.15, 0.2) is 0 Å². The first-order valence-corrected chi connectivity index (χ1v) is 7.32. The van der Waals surface area contributed by atoms with E-state index in [1.807, 2.05) is 12.3 Å². The minimum absolute atomic E-state index is 0.963. The maximum Gasteiger partial charge on any atom is 0.140 e. The van der Waals surface area contributed by atoms with Gasteiger partial charge in [-0.15, -0.1) is 0 Å². The number of aromatic nitrogens is 3. The smallest absolute Gasteiger partial charge is 0.140 e. The Hall–Kier alpha value is -2.20. The molecule has 4 heteroatoms. The molecule has 1 aliphatic rings. The summed E-state index contributed by atoms with van der Waals surface area (Å²) in [5.74, 6) is 0.963. The minimum Gasteiger partial charge on any atom is -0.302 e. The number of rotatable bonds is 1. The third-order valence-corrected chi connectivity index (χ3v) is 4.29. The first-order valence-electron chi connectivity index (χ1n) is 7.32. The van der Waals surface area contributed by atoms with Crippen molar-refractivity contribution in [1.82, 2.24) is 19.4 Å². The first kappa shape index (κ1) is 12.5. The van der Waals surface area contributed by atoms with Gasteiger partial charge in [0.05, 0.1) is 5.52 Å². The molecule has 3 heterocycles. The summed E-state index contributed by atoms with van der Waals surface area (Å²) in [7, 11) is 2.19. The predicted molar refractivity (Wildman–Crippen MR) is 83.6 cm³/mol. The minimum atomic E-state index is 0.963. The Balaban J connectivity index is 2.06. The van der Waals surface area contributed by atoms with Crippen molar-refractivity contribution in [2.24, 2.45) is 0 Å². The molecule has 3 aromatic rings. The molecule has 0 aliphatic carbocycles. The Morgan fingerprint density at radius 1 is 1.19 bits per heavy atom. The molecule has 0 bridgehead atoms. The maximum atomic E-state index is 4.46. The lowest BCUT2D eigenvalue weighted by Crippen LogP contribution is -2.27. The molecule has 0 atom stereocenters. The molecule has 21 heavy (non-hydrogen) atoms. The zero-order valence-electron chi connectivity index (χ0n) is 12.4. The van der Waals surface area contributed by atoms with Crippen molar-refractivity contribution < 1.29 is 0 Å². The van der Waals surface area contributed by atoms with Crippen molar-refractivity contribution in [1.29, 1.82) is 0 Å². The van der Waals surface area contributed by atoms with E-state index in [1.54, 1.807) is 6.33 Å². The van der Waals surface area contributed by atoms with Gasteiger partial charge in [-0.1, -0.05) is 11.6 Å². The van der Waals surface area contributed by atoms with E-state index < -0.39 is 0 Å². The monoisotopic (exact) mass is 278 g/mol. The Labute approximate surface area is 124 Å². The molecule has 0 N–H and O–H groups in total. The fourth-order valence-electron chi connectivity index (χ4n) is 3.28. The topological polar surface area (TPSA) is 34.0 Å². The van der Waals surface area contributed by atoms with Crippen LogP contribution in [0.25, 0.3) is 16.7 Å². The van der Waals surface area contributed by atoms with Crippen molar-refractivity contribution in [3.8, 4) is 5.82 Å². The van der Waals surface area contributed by atoms with Crippen LogP contribution in [0.4, 0.5) is 0 Å². The number of likely N-dealkylation sites (N-methyl/N-ethyl adjacent to an activating group) is 1. The van der Waals surface area contributed by atoms with Crippen molar-refractivity contribution >= 4 is 10.9 Å². The summed E-state index contributed by atoms with van der Waals surface area (Å²) in [6, 6.07) is 8.67. The second-order valence-corrected chi connectivity index (χ2v) is 5.84. The van der Waals surface area contributed by atoms with Crippen molar-refractivity contribution in [3.63, 3.8) is 0 Å². The third-order valence-electron chi connectivity index (χ3n) is 4.29. The molecule has 0 spiro atoms. The molecule has 0 saturated heterocycles. The Morgan fingerprint density at radius 3 is 2.90 bits per heavy atom.